The van der Waals surface area contributed by atoms with Crippen LogP contribution in [0.1, 0.15) is 10.5 Å². The van der Waals surface area contributed by atoms with Crippen molar-refractivity contribution in [1.29, 1.82) is 0 Å². The number of fused-ring (bicyclic) bond motifs is 1. The lowest BCUT2D eigenvalue weighted by Gasteiger charge is -2.11. The SMILES string of the molecule is NC(=O)c1cnc2cncc(-c3cccc(OC(F)(F)F)c3)c2n1. The van der Waals surface area contributed by atoms with Crippen molar-refractivity contribution in [3.05, 3.63) is 48.5 Å². The second kappa shape index (κ2) is 5.76. The fourth-order valence-corrected chi connectivity index (χ4v) is 2.13. The van der Waals surface area contributed by atoms with E-state index in [0.29, 0.717) is 22.2 Å². The van der Waals surface area contributed by atoms with Gasteiger partial charge in [0.1, 0.15) is 22.5 Å². The van der Waals surface area contributed by atoms with Gasteiger partial charge in [0.05, 0.1) is 12.4 Å². The Kier molecular flexibility index (Phi) is 3.76. The number of primary amides is 1. The molecule has 0 bridgehead atoms. The first-order chi connectivity index (χ1) is 11.3. The molecule has 0 aliphatic heterocycles. The minimum atomic E-state index is -4.80. The maximum Gasteiger partial charge on any atom is 0.573 e. The molecule has 0 spiro atoms. The smallest absolute Gasteiger partial charge is 0.406 e. The molecule has 9 heteroatoms. The number of hydrogen-bond donors (Lipinski definition) is 1. The first-order valence-electron chi connectivity index (χ1n) is 6.60. The molecule has 1 aromatic carbocycles. The molecule has 0 unspecified atom stereocenters. The number of ether oxygens (including phenoxy) is 1. The Labute approximate surface area is 133 Å². The van der Waals surface area contributed by atoms with Crippen LogP contribution in [-0.2, 0) is 0 Å². The quantitative estimate of drug-likeness (QED) is 0.795. The number of nitrogens with two attached hydrogens (primary N) is 1. The highest BCUT2D eigenvalue weighted by atomic mass is 19.4. The second-order valence-corrected chi connectivity index (χ2v) is 4.75. The van der Waals surface area contributed by atoms with Crippen molar-refractivity contribution in [1.82, 2.24) is 15.0 Å². The van der Waals surface area contributed by atoms with E-state index in [-0.39, 0.29) is 11.4 Å². The normalized spacial score (nSPS) is 11.5. The molecular formula is C15H9F3N4O2. The third-order valence-corrected chi connectivity index (χ3v) is 3.09. The Bertz CT molecular complexity index is 928. The molecule has 24 heavy (non-hydrogen) atoms. The summed E-state index contributed by atoms with van der Waals surface area (Å²) in [6, 6.07) is 5.34. The zero-order chi connectivity index (χ0) is 17.3. The lowest BCUT2D eigenvalue weighted by molar-refractivity contribution is -0.274. The van der Waals surface area contributed by atoms with Crippen molar-refractivity contribution >= 4 is 16.9 Å². The van der Waals surface area contributed by atoms with Crippen LogP contribution in [0.4, 0.5) is 13.2 Å². The van der Waals surface area contributed by atoms with Crippen LogP contribution in [0.25, 0.3) is 22.2 Å². The van der Waals surface area contributed by atoms with Crippen molar-refractivity contribution < 1.29 is 22.7 Å². The van der Waals surface area contributed by atoms with E-state index < -0.39 is 12.3 Å². The molecule has 0 radical (unpaired) electrons. The van der Waals surface area contributed by atoms with Gasteiger partial charge in [-0.25, -0.2) is 4.98 Å². The number of alkyl halides is 3. The Hall–Kier alpha value is -3.23. The Morgan fingerprint density at radius 3 is 2.67 bits per heavy atom. The predicted molar refractivity (Wildman–Crippen MR) is 78.0 cm³/mol. The van der Waals surface area contributed by atoms with Gasteiger partial charge in [0.25, 0.3) is 5.91 Å². The fraction of sp³-hybridized carbons (Fsp3) is 0.0667. The summed E-state index contributed by atoms with van der Waals surface area (Å²) in [6.45, 7) is 0. The van der Waals surface area contributed by atoms with Crippen LogP contribution in [0, 0.1) is 0 Å². The minimum Gasteiger partial charge on any atom is -0.406 e. The summed E-state index contributed by atoms with van der Waals surface area (Å²) >= 11 is 0. The van der Waals surface area contributed by atoms with Crippen molar-refractivity contribution in [3.8, 4) is 16.9 Å². The zero-order valence-corrected chi connectivity index (χ0v) is 11.9. The van der Waals surface area contributed by atoms with E-state index in [4.69, 9.17) is 5.73 Å². The molecule has 0 saturated heterocycles. The zero-order valence-electron chi connectivity index (χ0n) is 11.9. The Morgan fingerprint density at radius 1 is 1.17 bits per heavy atom. The summed E-state index contributed by atoms with van der Waals surface area (Å²) in [4.78, 5) is 23.4. The summed E-state index contributed by atoms with van der Waals surface area (Å²) in [6.07, 6.45) is -0.755. The minimum absolute atomic E-state index is 0.0577. The molecule has 3 rings (SSSR count). The molecule has 0 aliphatic carbocycles. The number of halogens is 3. The number of amides is 1. The number of aromatic nitrogens is 3. The largest absolute Gasteiger partial charge is 0.573 e. The predicted octanol–water partition coefficient (Wildman–Crippen LogP) is 2.69. The van der Waals surface area contributed by atoms with Gasteiger partial charge >= 0.3 is 6.36 Å². The monoisotopic (exact) mass is 334 g/mol. The van der Waals surface area contributed by atoms with Gasteiger partial charge in [-0.15, -0.1) is 13.2 Å². The molecule has 0 fully saturated rings. The summed E-state index contributed by atoms with van der Waals surface area (Å²) in [5, 5.41) is 0. The maximum atomic E-state index is 12.4. The number of hydrogen-bond acceptors (Lipinski definition) is 5. The first kappa shape index (κ1) is 15.7. The van der Waals surface area contributed by atoms with Crippen molar-refractivity contribution in [2.75, 3.05) is 0 Å². The fourth-order valence-electron chi connectivity index (χ4n) is 2.13. The van der Waals surface area contributed by atoms with Gasteiger partial charge in [-0.3, -0.25) is 14.8 Å². The van der Waals surface area contributed by atoms with Crippen molar-refractivity contribution in [2.24, 2.45) is 5.73 Å². The molecule has 0 saturated carbocycles. The highest BCUT2D eigenvalue weighted by molar-refractivity contribution is 5.96. The van der Waals surface area contributed by atoms with Crippen LogP contribution in [0.5, 0.6) is 5.75 Å². The molecule has 6 nitrogen and oxygen atoms in total. The van der Waals surface area contributed by atoms with E-state index in [1.54, 1.807) is 6.07 Å². The van der Waals surface area contributed by atoms with Gasteiger partial charge in [-0.05, 0) is 17.7 Å². The lowest BCUT2D eigenvalue weighted by atomic mass is 10.1. The van der Waals surface area contributed by atoms with Gasteiger partial charge in [-0.2, -0.15) is 0 Å². The summed E-state index contributed by atoms with van der Waals surface area (Å²) in [7, 11) is 0. The number of carbonyl (C=O) groups excluding carboxylic acids is 1. The molecule has 122 valence electrons. The number of rotatable bonds is 3. The summed E-state index contributed by atoms with van der Waals surface area (Å²) in [5.41, 5.74) is 6.58. The van der Waals surface area contributed by atoms with Gasteiger partial charge in [0, 0.05) is 11.8 Å². The standard InChI is InChI=1S/C15H9F3N4O2/c16-15(17,18)24-9-3-1-2-8(4-9)10-5-20-6-11-13(10)22-12(7-21-11)14(19)23/h1-7H,(H2,19,23). The summed E-state index contributed by atoms with van der Waals surface area (Å²) < 4.78 is 41.0. The molecule has 2 heterocycles. The average molecular weight is 334 g/mol. The number of nitrogens with zero attached hydrogens (tertiary/aromatic N) is 3. The van der Waals surface area contributed by atoms with Crippen LogP contribution in [0.3, 0.4) is 0 Å². The molecule has 0 atom stereocenters. The van der Waals surface area contributed by atoms with E-state index in [9.17, 15) is 18.0 Å². The number of pyridine rings is 1. The van der Waals surface area contributed by atoms with Gasteiger partial charge in [0.2, 0.25) is 0 Å². The van der Waals surface area contributed by atoms with Crippen molar-refractivity contribution in [2.45, 2.75) is 6.36 Å². The van der Waals surface area contributed by atoms with E-state index >= 15 is 0 Å². The third kappa shape index (κ3) is 3.24. The summed E-state index contributed by atoms with van der Waals surface area (Å²) in [5.74, 6) is -1.14. The number of benzene rings is 1. The molecule has 1 amide bonds. The van der Waals surface area contributed by atoms with Gasteiger partial charge < -0.3 is 10.5 Å². The Balaban J connectivity index is 2.14. The van der Waals surface area contributed by atoms with Gasteiger partial charge in [-0.1, -0.05) is 12.1 Å². The molecular weight excluding hydrogens is 325 g/mol. The van der Waals surface area contributed by atoms with Crippen LogP contribution >= 0.6 is 0 Å². The van der Waals surface area contributed by atoms with E-state index in [1.165, 1.54) is 36.8 Å². The van der Waals surface area contributed by atoms with Crippen LogP contribution in [0.2, 0.25) is 0 Å². The lowest BCUT2D eigenvalue weighted by Crippen LogP contribution is -2.17. The second-order valence-electron chi connectivity index (χ2n) is 4.75. The highest BCUT2D eigenvalue weighted by Gasteiger charge is 2.31. The van der Waals surface area contributed by atoms with E-state index in [0.717, 1.165) is 0 Å². The Morgan fingerprint density at radius 2 is 1.96 bits per heavy atom. The third-order valence-electron chi connectivity index (χ3n) is 3.09. The topological polar surface area (TPSA) is 91.0 Å². The highest BCUT2D eigenvalue weighted by Crippen LogP contribution is 2.30. The molecule has 2 N–H and O–H groups in total. The van der Waals surface area contributed by atoms with Crippen LogP contribution in [0.15, 0.2) is 42.9 Å². The maximum absolute atomic E-state index is 12.4. The van der Waals surface area contributed by atoms with Crippen LogP contribution < -0.4 is 10.5 Å². The molecule has 3 aromatic rings. The number of carbonyl (C=O) groups is 1. The average Bonchev–Trinajstić information content (AvgIpc) is 2.52. The first-order valence-corrected chi connectivity index (χ1v) is 6.60. The molecule has 0 aliphatic rings. The van der Waals surface area contributed by atoms with E-state index in [1.807, 2.05) is 0 Å². The molecule has 2 aromatic heterocycles. The van der Waals surface area contributed by atoms with Crippen LogP contribution in [-0.4, -0.2) is 27.2 Å². The van der Waals surface area contributed by atoms with Gasteiger partial charge in [0.15, 0.2) is 0 Å². The van der Waals surface area contributed by atoms with Crippen molar-refractivity contribution in [3.63, 3.8) is 0 Å². The van der Waals surface area contributed by atoms with E-state index in [2.05, 4.69) is 19.7 Å².